The van der Waals surface area contributed by atoms with E-state index in [1.54, 1.807) is 12.1 Å². The van der Waals surface area contributed by atoms with Crippen molar-refractivity contribution >= 4 is 5.69 Å². The smallest absolute Gasteiger partial charge is 0.0753 e. The second kappa shape index (κ2) is 6.01. The molecule has 0 aliphatic rings. The molecule has 0 aromatic heterocycles. The average molecular weight is 253 g/mol. The summed E-state index contributed by atoms with van der Waals surface area (Å²) in [5.41, 5.74) is 2.10. The molecule has 2 rings (SSSR count). The zero-order valence-corrected chi connectivity index (χ0v) is 10.2. The summed E-state index contributed by atoms with van der Waals surface area (Å²) in [5, 5.41) is 28.5. The molecule has 4 nitrogen and oxygen atoms in total. The van der Waals surface area contributed by atoms with E-state index < -0.39 is 0 Å². The van der Waals surface area contributed by atoms with Crippen LogP contribution in [0.25, 0.3) is 0 Å². The van der Waals surface area contributed by atoms with Gasteiger partial charge in [0.05, 0.1) is 17.7 Å². The summed E-state index contributed by atoms with van der Waals surface area (Å²) >= 11 is 0. The first-order chi connectivity index (χ1) is 9.20. The summed E-state index contributed by atoms with van der Waals surface area (Å²) in [6, 6.07) is 18.4. The van der Waals surface area contributed by atoms with Crippen molar-refractivity contribution < 1.29 is 5.21 Å². The third-order valence-corrected chi connectivity index (χ3v) is 2.95. The van der Waals surface area contributed by atoms with Crippen LogP contribution in [0.4, 0.5) is 5.69 Å². The molecule has 4 heteroatoms. The highest BCUT2D eigenvalue weighted by Crippen LogP contribution is 2.21. The standard InChI is InChI=1S/C15H13N2O2/c16-11-14(13-4-2-1-3-5-13)10-12-6-8-15(9-7-12)17(18)19/h1-9,14,18H,10H2/q-1. The van der Waals surface area contributed by atoms with Gasteiger partial charge in [0.15, 0.2) is 0 Å². The highest BCUT2D eigenvalue weighted by Gasteiger charge is 2.10. The Morgan fingerprint density at radius 2 is 1.74 bits per heavy atom. The predicted octanol–water partition coefficient (Wildman–Crippen LogP) is 3.23. The molecule has 0 saturated heterocycles. The Kier molecular flexibility index (Phi) is 4.14. The van der Waals surface area contributed by atoms with Crippen LogP contribution in [0.2, 0.25) is 0 Å². The predicted molar refractivity (Wildman–Crippen MR) is 72.6 cm³/mol. The van der Waals surface area contributed by atoms with Gasteiger partial charge in [-0.1, -0.05) is 42.5 Å². The van der Waals surface area contributed by atoms with Crippen LogP contribution in [-0.4, -0.2) is 5.21 Å². The molecule has 96 valence electrons. The zero-order chi connectivity index (χ0) is 13.7. The molecule has 1 atom stereocenters. The molecule has 1 N–H and O–H groups in total. The summed E-state index contributed by atoms with van der Waals surface area (Å²) in [4.78, 5) is 0. The molecule has 2 aromatic rings. The number of rotatable bonds is 4. The van der Waals surface area contributed by atoms with E-state index in [0.717, 1.165) is 11.1 Å². The third kappa shape index (κ3) is 3.32. The lowest BCUT2D eigenvalue weighted by Gasteiger charge is -2.21. The highest BCUT2D eigenvalue weighted by molar-refractivity contribution is 5.46. The van der Waals surface area contributed by atoms with Crippen molar-refractivity contribution in [2.24, 2.45) is 0 Å². The quantitative estimate of drug-likeness (QED) is 0.849. The molecule has 0 saturated carbocycles. The van der Waals surface area contributed by atoms with Gasteiger partial charge in [0, 0.05) is 0 Å². The molecule has 19 heavy (non-hydrogen) atoms. The van der Waals surface area contributed by atoms with Crippen LogP contribution < -0.4 is 5.23 Å². The van der Waals surface area contributed by atoms with Crippen molar-refractivity contribution in [1.29, 1.82) is 5.26 Å². The van der Waals surface area contributed by atoms with E-state index in [2.05, 4.69) is 6.07 Å². The first-order valence-electron chi connectivity index (χ1n) is 5.90. The maximum absolute atomic E-state index is 10.7. The monoisotopic (exact) mass is 253 g/mol. The van der Waals surface area contributed by atoms with Gasteiger partial charge in [0.1, 0.15) is 0 Å². The minimum absolute atomic E-state index is 0.178. The van der Waals surface area contributed by atoms with Crippen molar-refractivity contribution in [2.45, 2.75) is 12.3 Å². The van der Waals surface area contributed by atoms with Crippen molar-refractivity contribution in [3.63, 3.8) is 0 Å². The Morgan fingerprint density at radius 3 is 2.26 bits per heavy atom. The summed E-state index contributed by atoms with van der Waals surface area (Å²) in [5.74, 6) is -0.218. The molecule has 0 aliphatic heterocycles. The largest absolute Gasteiger partial charge is 0.733 e. The third-order valence-electron chi connectivity index (χ3n) is 2.95. The molecule has 0 fully saturated rings. The Labute approximate surface area is 111 Å². The molecule has 0 heterocycles. The Bertz CT molecular complexity index is 559. The van der Waals surface area contributed by atoms with E-state index in [4.69, 9.17) is 5.21 Å². The molecular formula is C15H13N2O2-. The molecule has 0 amide bonds. The fourth-order valence-corrected chi connectivity index (χ4v) is 1.92. The lowest BCUT2D eigenvalue weighted by molar-refractivity contribution is 0.296. The minimum Gasteiger partial charge on any atom is -0.733 e. The first kappa shape index (κ1) is 13.1. The lowest BCUT2D eigenvalue weighted by atomic mass is 9.93. The fraction of sp³-hybridized carbons (Fsp3) is 0.133. The Balaban J connectivity index is 2.13. The van der Waals surface area contributed by atoms with Crippen LogP contribution in [0, 0.1) is 16.5 Å². The zero-order valence-electron chi connectivity index (χ0n) is 10.2. The van der Waals surface area contributed by atoms with Gasteiger partial charge in [-0.15, -0.1) is 0 Å². The van der Waals surface area contributed by atoms with Crippen molar-refractivity contribution in [2.75, 3.05) is 5.23 Å². The maximum atomic E-state index is 10.7. The van der Waals surface area contributed by atoms with Gasteiger partial charge in [-0.05, 0) is 29.7 Å². The van der Waals surface area contributed by atoms with E-state index in [9.17, 15) is 10.5 Å². The molecule has 0 bridgehead atoms. The van der Waals surface area contributed by atoms with E-state index in [0.29, 0.717) is 6.42 Å². The average Bonchev–Trinajstić information content (AvgIpc) is 2.46. The SMILES string of the molecule is N#CC(Cc1ccc(N([O-])O)cc1)c1ccccc1. The molecular weight excluding hydrogens is 240 g/mol. The van der Waals surface area contributed by atoms with E-state index in [1.807, 2.05) is 30.3 Å². The second-order valence-corrected chi connectivity index (χ2v) is 4.24. The van der Waals surface area contributed by atoms with Crippen LogP contribution >= 0.6 is 0 Å². The van der Waals surface area contributed by atoms with Gasteiger partial charge in [0.25, 0.3) is 0 Å². The van der Waals surface area contributed by atoms with Gasteiger partial charge in [-0.25, -0.2) is 0 Å². The van der Waals surface area contributed by atoms with E-state index in [-0.39, 0.29) is 16.8 Å². The summed E-state index contributed by atoms with van der Waals surface area (Å²) in [6.07, 6.45) is 0.574. The Morgan fingerprint density at radius 1 is 1.11 bits per heavy atom. The number of nitrogens with zero attached hydrogens (tertiary/aromatic N) is 2. The fourth-order valence-electron chi connectivity index (χ4n) is 1.92. The number of hydrogen-bond acceptors (Lipinski definition) is 4. The van der Waals surface area contributed by atoms with Crippen LogP contribution in [0.1, 0.15) is 17.0 Å². The van der Waals surface area contributed by atoms with Gasteiger partial charge in [0.2, 0.25) is 0 Å². The van der Waals surface area contributed by atoms with Crippen LogP contribution in [0.15, 0.2) is 54.6 Å². The van der Waals surface area contributed by atoms with Gasteiger partial charge < -0.3 is 10.4 Å². The summed E-state index contributed by atoms with van der Waals surface area (Å²) < 4.78 is 0. The lowest BCUT2D eigenvalue weighted by Crippen LogP contribution is -2.07. The summed E-state index contributed by atoms with van der Waals surface area (Å²) in [6.45, 7) is 0. The molecule has 0 aliphatic carbocycles. The van der Waals surface area contributed by atoms with Crippen molar-refractivity contribution in [1.82, 2.24) is 0 Å². The first-order valence-corrected chi connectivity index (χ1v) is 5.90. The van der Waals surface area contributed by atoms with Crippen LogP contribution in [0.5, 0.6) is 0 Å². The van der Waals surface area contributed by atoms with Crippen LogP contribution in [-0.2, 0) is 6.42 Å². The number of benzene rings is 2. The van der Waals surface area contributed by atoms with Crippen molar-refractivity contribution in [3.8, 4) is 6.07 Å². The van der Waals surface area contributed by atoms with E-state index in [1.165, 1.54) is 12.1 Å². The van der Waals surface area contributed by atoms with Gasteiger partial charge in [-0.2, -0.15) is 5.26 Å². The number of hydrogen-bond donors (Lipinski definition) is 1. The molecule has 1 unspecified atom stereocenters. The van der Waals surface area contributed by atoms with E-state index >= 15 is 0 Å². The van der Waals surface area contributed by atoms with Gasteiger partial charge >= 0.3 is 0 Å². The van der Waals surface area contributed by atoms with Gasteiger partial charge in [-0.3, -0.25) is 5.21 Å². The number of anilines is 1. The second-order valence-electron chi connectivity index (χ2n) is 4.24. The topological polar surface area (TPSA) is 70.3 Å². The maximum Gasteiger partial charge on any atom is 0.0753 e. The minimum atomic E-state index is -0.218. The molecule has 0 spiro atoms. The summed E-state index contributed by atoms with van der Waals surface area (Å²) in [7, 11) is 0. The van der Waals surface area contributed by atoms with Crippen molar-refractivity contribution in [3.05, 3.63) is 70.9 Å². The highest BCUT2D eigenvalue weighted by atomic mass is 16.8. The molecule has 0 radical (unpaired) electrons. The molecule has 2 aromatic carbocycles. The number of nitriles is 1. The normalized spacial score (nSPS) is 11.6. The Hall–Kier alpha value is -2.35. The van der Waals surface area contributed by atoms with Crippen LogP contribution in [0.3, 0.4) is 0 Å².